The van der Waals surface area contributed by atoms with Gasteiger partial charge in [-0.25, -0.2) is 8.42 Å². The van der Waals surface area contributed by atoms with Gasteiger partial charge in [0.25, 0.3) is 0 Å². The number of benzene rings is 1. The van der Waals surface area contributed by atoms with Crippen molar-refractivity contribution in [2.45, 2.75) is 32.6 Å². The van der Waals surface area contributed by atoms with Crippen molar-refractivity contribution >= 4 is 21.4 Å². The lowest BCUT2D eigenvalue weighted by molar-refractivity contribution is -0.116. The molecule has 0 aliphatic carbocycles. The minimum atomic E-state index is -3.01. The van der Waals surface area contributed by atoms with Crippen LogP contribution in [-0.2, 0) is 14.6 Å². The van der Waals surface area contributed by atoms with E-state index < -0.39 is 9.84 Å². The zero-order valence-corrected chi connectivity index (χ0v) is 13.4. The summed E-state index contributed by atoms with van der Waals surface area (Å²) >= 11 is 0. The van der Waals surface area contributed by atoms with Crippen LogP contribution in [0.2, 0.25) is 0 Å². The van der Waals surface area contributed by atoms with E-state index in [-0.39, 0.29) is 18.1 Å². The summed E-state index contributed by atoms with van der Waals surface area (Å²) in [6.07, 6.45) is 3.80. The van der Waals surface area contributed by atoms with Crippen LogP contribution in [0.25, 0.3) is 0 Å². The van der Waals surface area contributed by atoms with Crippen LogP contribution in [0, 0.1) is 0 Å². The molecule has 1 amide bonds. The maximum atomic E-state index is 11.7. The summed E-state index contributed by atoms with van der Waals surface area (Å²) in [6, 6.07) is 7.16. The molecule has 0 aliphatic rings. The topological polar surface area (TPSA) is 72.5 Å². The van der Waals surface area contributed by atoms with E-state index in [2.05, 4.69) is 12.2 Å². The van der Waals surface area contributed by atoms with E-state index >= 15 is 0 Å². The van der Waals surface area contributed by atoms with E-state index in [1.807, 2.05) is 12.1 Å². The molecular weight excluding hydrogens is 290 g/mol. The van der Waals surface area contributed by atoms with Crippen molar-refractivity contribution in [3.05, 3.63) is 24.3 Å². The van der Waals surface area contributed by atoms with Crippen molar-refractivity contribution < 1.29 is 17.9 Å². The number of anilines is 1. The Hall–Kier alpha value is -1.56. The Morgan fingerprint density at radius 1 is 1.19 bits per heavy atom. The number of amides is 1. The molecule has 1 aromatic carbocycles. The highest BCUT2D eigenvalue weighted by atomic mass is 32.2. The molecule has 21 heavy (non-hydrogen) atoms. The van der Waals surface area contributed by atoms with Gasteiger partial charge in [-0.1, -0.05) is 13.3 Å². The van der Waals surface area contributed by atoms with Crippen molar-refractivity contribution in [2.24, 2.45) is 0 Å². The smallest absolute Gasteiger partial charge is 0.224 e. The predicted octanol–water partition coefficient (Wildman–Crippen LogP) is 2.63. The average Bonchev–Trinajstić information content (AvgIpc) is 2.39. The second-order valence-corrected chi connectivity index (χ2v) is 7.27. The lowest BCUT2D eigenvalue weighted by atomic mass is 10.2. The van der Waals surface area contributed by atoms with Crippen LogP contribution in [0.15, 0.2) is 24.3 Å². The highest BCUT2D eigenvalue weighted by Crippen LogP contribution is 2.16. The maximum Gasteiger partial charge on any atom is 0.224 e. The fourth-order valence-corrected chi connectivity index (χ4v) is 2.36. The molecule has 118 valence electrons. The molecule has 0 spiro atoms. The number of hydrogen-bond acceptors (Lipinski definition) is 4. The summed E-state index contributed by atoms with van der Waals surface area (Å²) in [5.41, 5.74) is 0.683. The van der Waals surface area contributed by atoms with Gasteiger partial charge in [0.05, 0.1) is 12.4 Å². The van der Waals surface area contributed by atoms with Crippen LogP contribution in [0.3, 0.4) is 0 Å². The fraction of sp³-hybridized carbons (Fsp3) is 0.533. The minimum absolute atomic E-state index is 0.0324. The van der Waals surface area contributed by atoms with Crippen LogP contribution in [-0.4, -0.2) is 32.9 Å². The largest absolute Gasteiger partial charge is 0.494 e. The summed E-state index contributed by atoms with van der Waals surface area (Å²) < 4.78 is 27.5. The van der Waals surface area contributed by atoms with Gasteiger partial charge in [-0.2, -0.15) is 0 Å². The standard InChI is InChI=1S/C15H23NO4S/c1-3-4-11-20-14-9-7-13(8-10-14)16-15(17)6-5-12-21(2,18)19/h7-10H,3-6,11-12H2,1-2H3,(H,16,17). The monoisotopic (exact) mass is 313 g/mol. The van der Waals surface area contributed by atoms with Gasteiger partial charge < -0.3 is 10.1 Å². The molecule has 6 heteroatoms. The molecule has 0 unspecified atom stereocenters. The quantitative estimate of drug-likeness (QED) is 0.711. The van der Waals surface area contributed by atoms with Crippen LogP contribution < -0.4 is 10.1 Å². The zero-order chi connectivity index (χ0) is 15.7. The van der Waals surface area contributed by atoms with Gasteiger partial charge >= 0.3 is 0 Å². The van der Waals surface area contributed by atoms with Gasteiger partial charge in [-0.15, -0.1) is 0 Å². The molecule has 0 aliphatic heterocycles. The molecular formula is C15H23NO4S. The van der Waals surface area contributed by atoms with Gasteiger partial charge in [0.15, 0.2) is 0 Å². The normalized spacial score (nSPS) is 11.1. The van der Waals surface area contributed by atoms with Crippen LogP contribution in [0.1, 0.15) is 32.6 Å². The molecule has 0 bridgehead atoms. The second-order valence-electron chi connectivity index (χ2n) is 5.01. The second kappa shape index (κ2) is 8.67. The number of ether oxygens (including phenoxy) is 1. The zero-order valence-electron chi connectivity index (χ0n) is 12.6. The van der Waals surface area contributed by atoms with E-state index in [0.29, 0.717) is 18.7 Å². The Bertz CT molecular complexity index is 537. The summed E-state index contributed by atoms with van der Waals surface area (Å²) in [7, 11) is -3.01. The van der Waals surface area contributed by atoms with Gasteiger partial charge in [0.2, 0.25) is 5.91 Å². The van der Waals surface area contributed by atoms with Crippen molar-refractivity contribution in [2.75, 3.05) is 23.9 Å². The van der Waals surface area contributed by atoms with Crippen molar-refractivity contribution in [3.8, 4) is 5.75 Å². The lowest BCUT2D eigenvalue weighted by Gasteiger charge is -2.08. The Morgan fingerprint density at radius 2 is 1.86 bits per heavy atom. The number of unbranched alkanes of at least 4 members (excludes halogenated alkanes) is 1. The molecule has 1 N–H and O–H groups in total. The minimum Gasteiger partial charge on any atom is -0.494 e. The van der Waals surface area contributed by atoms with Gasteiger partial charge in [-0.3, -0.25) is 4.79 Å². The molecule has 0 atom stereocenters. The van der Waals surface area contributed by atoms with E-state index in [1.54, 1.807) is 12.1 Å². The first-order valence-corrected chi connectivity index (χ1v) is 9.17. The number of nitrogens with one attached hydrogen (secondary N) is 1. The molecule has 1 rings (SSSR count). The SMILES string of the molecule is CCCCOc1ccc(NC(=O)CCCS(C)(=O)=O)cc1. The lowest BCUT2D eigenvalue weighted by Crippen LogP contribution is -2.13. The molecule has 0 saturated heterocycles. The Kier molecular flexibility index (Phi) is 7.22. The third kappa shape index (κ3) is 8.34. The molecule has 0 saturated carbocycles. The number of hydrogen-bond donors (Lipinski definition) is 1. The van der Waals surface area contributed by atoms with E-state index in [9.17, 15) is 13.2 Å². The molecule has 0 heterocycles. The molecule has 0 radical (unpaired) electrons. The third-order valence-electron chi connectivity index (χ3n) is 2.82. The number of carbonyl (C=O) groups is 1. The summed E-state index contributed by atoms with van der Waals surface area (Å²) in [5.74, 6) is 0.627. The number of rotatable bonds is 9. The van der Waals surface area contributed by atoms with Crippen molar-refractivity contribution in [1.82, 2.24) is 0 Å². The van der Waals surface area contributed by atoms with Gasteiger partial charge in [0.1, 0.15) is 15.6 Å². The summed E-state index contributed by atoms with van der Waals surface area (Å²) in [5, 5.41) is 2.73. The van der Waals surface area contributed by atoms with Crippen LogP contribution >= 0.6 is 0 Å². The van der Waals surface area contributed by atoms with Crippen LogP contribution in [0.5, 0.6) is 5.75 Å². The molecule has 5 nitrogen and oxygen atoms in total. The van der Waals surface area contributed by atoms with E-state index in [0.717, 1.165) is 18.6 Å². The first-order valence-electron chi connectivity index (χ1n) is 7.11. The Morgan fingerprint density at radius 3 is 2.43 bits per heavy atom. The Balaban J connectivity index is 2.35. The summed E-state index contributed by atoms with van der Waals surface area (Å²) in [4.78, 5) is 11.7. The first kappa shape index (κ1) is 17.5. The summed E-state index contributed by atoms with van der Waals surface area (Å²) in [6.45, 7) is 2.79. The van der Waals surface area contributed by atoms with Gasteiger partial charge in [0, 0.05) is 18.4 Å². The first-order chi connectivity index (χ1) is 9.90. The number of sulfone groups is 1. The van der Waals surface area contributed by atoms with Gasteiger partial charge in [-0.05, 0) is 37.1 Å². The predicted molar refractivity (Wildman–Crippen MR) is 84.4 cm³/mol. The average molecular weight is 313 g/mol. The Labute approximate surface area is 126 Å². The fourth-order valence-electron chi connectivity index (χ4n) is 1.69. The third-order valence-corrected chi connectivity index (χ3v) is 3.85. The number of carbonyl (C=O) groups excluding carboxylic acids is 1. The highest BCUT2D eigenvalue weighted by molar-refractivity contribution is 7.90. The molecule has 0 aromatic heterocycles. The van der Waals surface area contributed by atoms with Crippen molar-refractivity contribution in [1.29, 1.82) is 0 Å². The highest BCUT2D eigenvalue weighted by Gasteiger charge is 2.06. The van der Waals surface area contributed by atoms with Crippen molar-refractivity contribution in [3.63, 3.8) is 0 Å². The maximum absolute atomic E-state index is 11.7. The molecule has 0 fully saturated rings. The van der Waals surface area contributed by atoms with E-state index in [1.165, 1.54) is 6.26 Å². The van der Waals surface area contributed by atoms with Crippen LogP contribution in [0.4, 0.5) is 5.69 Å². The molecule has 1 aromatic rings. The van der Waals surface area contributed by atoms with E-state index in [4.69, 9.17) is 4.74 Å².